The van der Waals surface area contributed by atoms with Gasteiger partial charge >= 0.3 is 0 Å². The molecular weight excluding hydrogens is 284 g/mol. The van der Waals surface area contributed by atoms with Gasteiger partial charge in [0.2, 0.25) is 0 Å². The highest BCUT2D eigenvalue weighted by Gasteiger charge is 2.14. The molecule has 4 heteroatoms. The van der Waals surface area contributed by atoms with Crippen LogP contribution in [0.2, 0.25) is 0 Å². The summed E-state index contributed by atoms with van der Waals surface area (Å²) in [6.07, 6.45) is 2.69. The summed E-state index contributed by atoms with van der Waals surface area (Å²) in [4.78, 5) is 3.87. The average molecular weight is 303 g/mol. The molecule has 0 aliphatic carbocycles. The average Bonchev–Trinajstić information content (AvgIpc) is 2.87. The van der Waals surface area contributed by atoms with Crippen molar-refractivity contribution in [1.29, 1.82) is 0 Å². The van der Waals surface area contributed by atoms with Crippen molar-refractivity contribution in [2.45, 2.75) is 19.4 Å². The van der Waals surface area contributed by atoms with Crippen LogP contribution < -0.4 is 5.32 Å². The van der Waals surface area contributed by atoms with Gasteiger partial charge in [-0.3, -0.25) is 0 Å². The Kier molecular flexibility index (Phi) is 4.82. The van der Waals surface area contributed by atoms with Gasteiger partial charge < -0.3 is 10.2 Å². The predicted octanol–water partition coefficient (Wildman–Crippen LogP) is 2.94. The van der Waals surface area contributed by atoms with Gasteiger partial charge in [-0.25, -0.2) is 0 Å². The fraction of sp³-hybridized carbons (Fsp3) is 0.667. The fourth-order valence-electron chi connectivity index (χ4n) is 2.15. The molecule has 2 heterocycles. The van der Waals surface area contributed by atoms with Crippen molar-refractivity contribution in [1.82, 2.24) is 10.2 Å². The molecule has 0 spiro atoms. The molecule has 1 aliphatic rings. The number of hydrogen-bond acceptors (Lipinski definition) is 3. The second-order valence-corrected chi connectivity index (χ2v) is 6.53. The first-order chi connectivity index (χ1) is 7.74. The lowest BCUT2D eigenvalue weighted by Gasteiger charge is -2.17. The van der Waals surface area contributed by atoms with E-state index in [9.17, 15) is 0 Å². The van der Waals surface area contributed by atoms with Gasteiger partial charge in [0.15, 0.2) is 0 Å². The normalized spacial score (nSPS) is 20.8. The Morgan fingerprint density at radius 1 is 1.62 bits per heavy atom. The lowest BCUT2D eigenvalue weighted by Crippen LogP contribution is -2.21. The van der Waals surface area contributed by atoms with Crippen LogP contribution in [0.4, 0.5) is 0 Å². The molecule has 1 atom stereocenters. The van der Waals surface area contributed by atoms with Gasteiger partial charge in [-0.1, -0.05) is 0 Å². The number of rotatable bonds is 5. The fourth-order valence-corrected chi connectivity index (χ4v) is 3.68. The molecule has 1 unspecified atom stereocenters. The van der Waals surface area contributed by atoms with E-state index in [2.05, 4.69) is 44.6 Å². The SMILES string of the molecule is CN(CCC1CCNC1)Cc1cc(Br)cs1. The third-order valence-corrected chi connectivity index (χ3v) is 4.81. The van der Waals surface area contributed by atoms with Crippen molar-refractivity contribution in [2.24, 2.45) is 5.92 Å². The molecule has 0 aromatic carbocycles. The molecule has 2 rings (SSSR count). The van der Waals surface area contributed by atoms with Gasteiger partial charge in [0, 0.05) is 21.3 Å². The van der Waals surface area contributed by atoms with Crippen LogP contribution in [-0.2, 0) is 6.54 Å². The minimum Gasteiger partial charge on any atom is -0.316 e. The van der Waals surface area contributed by atoms with Gasteiger partial charge in [-0.15, -0.1) is 11.3 Å². The van der Waals surface area contributed by atoms with Crippen LogP contribution in [0.15, 0.2) is 15.9 Å². The Balaban J connectivity index is 1.69. The van der Waals surface area contributed by atoms with E-state index in [1.54, 1.807) is 0 Å². The summed E-state index contributed by atoms with van der Waals surface area (Å²) in [5.41, 5.74) is 0. The summed E-state index contributed by atoms with van der Waals surface area (Å²) in [7, 11) is 2.22. The maximum Gasteiger partial charge on any atom is 0.0325 e. The zero-order chi connectivity index (χ0) is 11.4. The smallest absolute Gasteiger partial charge is 0.0325 e. The van der Waals surface area contributed by atoms with Crippen molar-refractivity contribution in [2.75, 3.05) is 26.7 Å². The molecule has 1 saturated heterocycles. The second kappa shape index (κ2) is 6.15. The first kappa shape index (κ1) is 12.6. The van der Waals surface area contributed by atoms with Gasteiger partial charge in [0.1, 0.15) is 0 Å². The number of hydrogen-bond donors (Lipinski definition) is 1. The molecule has 0 saturated carbocycles. The van der Waals surface area contributed by atoms with Crippen molar-refractivity contribution in [3.63, 3.8) is 0 Å². The lowest BCUT2D eigenvalue weighted by molar-refractivity contribution is 0.300. The Morgan fingerprint density at radius 3 is 3.12 bits per heavy atom. The summed E-state index contributed by atoms with van der Waals surface area (Å²) >= 11 is 5.33. The summed E-state index contributed by atoms with van der Waals surface area (Å²) in [5, 5.41) is 5.58. The van der Waals surface area contributed by atoms with Crippen molar-refractivity contribution < 1.29 is 0 Å². The molecule has 16 heavy (non-hydrogen) atoms. The molecular formula is C12H19BrN2S. The van der Waals surface area contributed by atoms with E-state index in [1.807, 2.05) is 11.3 Å². The van der Waals surface area contributed by atoms with E-state index < -0.39 is 0 Å². The van der Waals surface area contributed by atoms with Crippen molar-refractivity contribution in [3.8, 4) is 0 Å². The standard InChI is InChI=1S/C12H19BrN2S/c1-15(5-3-10-2-4-14-7-10)8-12-6-11(13)9-16-12/h6,9-10,14H,2-5,7-8H2,1H3. The Hall–Kier alpha value is 0.1000. The molecule has 1 N–H and O–H groups in total. The van der Waals surface area contributed by atoms with E-state index in [1.165, 1.54) is 41.8 Å². The Morgan fingerprint density at radius 2 is 2.50 bits per heavy atom. The minimum absolute atomic E-state index is 0.900. The highest BCUT2D eigenvalue weighted by Crippen LogP contribution is 2.21. The number of nitrogens with zero attached hydrogens (tertiary/aromatic N) is 1. The molecule has 0 bridgehead atoms. The molecule has 1 aromatic heterocycles. The number of thiophene rings is 1. The topological polar surface area (TPSA) is 15.3 Å². The molecule has 1 aliphatic heterocycles. The lowest BCUT2D eigenvalue weighted by atomic mass is 10.1. The van der Waals surface area contributed by atoms with E-state index in [-0.39, 0.29) is 0 Å². The molecule has 1 fully saturated rings. The van der Waals surface area contributed by atoms with Gasteiger partial charge in [0.25, 0.3) is 0 Å². The molecule has 2 nitrogen and oxygen atoms in total. The second-order valence-electron chi connectivity index (χ2n) is 4.62. The summed E-state index contributed by atoms with van der Waals surface area (Å²) in [6.45, 7) is 4.73. The summed E-state index contributed by atoms with van der Waals surface area (Å²) < 4.78 is 1.21. The highest BCUT2D eigenvalue weighted by molar-refractivity contribution is 9.10. The Bertz CT molecular complexity index is 321. The van der Waals surface area contributed by atoms with Crippen LogP contribution in [0.5, 0.6) is 0 Å². The number of nitrogens with one attached hydrogen (secondary N) is 1. The van der Waals surface area contributed by atoms with Crippen LogP contribution in [-0.4, -0.2) is 31.6 Å². The predicted molar refractivity (Wildman–Crippen MR) is 73.9 cm³/mol. The zero-order valence-electron chi connectivity index (χ0n) is 9.71. The maximum absolute atomic E-state index is 3.50. The minimum atomic E-state index is 0.900. The van der Waals surface area contributed by atoms with E-state index >= 15 is 0 Å². The summed E-state index contributed by atoms with van der Waals surface area (Å²) in [6, 6.07) is 2.22. The summed E-state index contributed by atoms with van der Waals surface area (Å²) in [5.74, 6) is 0.900. The zero-order valence-corrected chi connectivity index (χ0v) is 12.1. The first-order valence-electron chi connectivity index (χ1n) is 5.86. The molecule has 90 valence electrons. The quantitative estimate of drug-likeness (QED) is 0.900. The first-order valence-corrected chi connectivity index (χ1v) is 7.53. The van der Waals surface area contributed by atoms with Crippen molar-refractivity contribution in [3.05, 3.63) is 20.8 Å². The van der Waals surface area contributed by atoms with Crippen LogP contribution in [0.25, 0.3) is 0 Å². The molecule has 0 radical (unpaired) electrons. The van der Waals surface area contributed by atoms with Crippen molar-refractivity contribution >= 4 is 27.3 Å². The van der Waals surface area contributed by atoms with Crippen LogP contribution in [0.3, 0.4) is 0 Å². The van der Waals surface area contributed by atoms with Crippen LogP contribution >= 0.6 is 27.3 Å². The number of halogens is 1. The molecule has 0 amide bonds. The molecule has 1 aromatic rings. The van der Waals surface area contributed by atoms with E-state index in [4.69, 9.17) is 0 Å². The monoisotopic (exact) mass is 302 g/mol. The van der Waals surface area contributed by atoms with Crippen LogP contribution in [0.1, 0.15) is 17.7 Å². The third kappa shape index (κ3) is 3.84. The maximum atomic E-state index is 3.50. The van der Waals surface area contributed by atoms with Crippen LogP contribution in [0, 0.1) is 5.92 Å². The highest BCUT2D eigenvalue weighted by atomic mass is 79.9. The van der Waals surface area contributed by atoms with E-state index in [0.717, 1.165) is 12.5 Å². The third-order valence-electron chi connectivity index (χ3n) is 3.13. The van der Waals surface area contributed by atoms with E-state index in [0.29, 0.717) is 0 Å². The van der Waals surface area contributed by atoms with Gasteiger partial charge in [0.05, 0.1) is 0 Å². The Labute approximate surface area is 110 Å². The van der Waals surface area contributed by atoms with Gasteiger partial charge in [-0.2, -0.15) is 0 Å². The van der Waals surface area contributed by atoms with Gasteiger partial charge in [-0.05, 0) is 67.4 Å². The largest absolute Gasteiger partial charge is 0.316 e.